The minimum Gasteiger partial charge on any atom is -0.327 e. The number of nitrogens with zero attached hydrogens (tertiary/aromatic N) is 2. The lowest BCUT2D eigenvalue weighted by Crippen LogP contribution is -2.05. The van der Waals surface area contributed by atoms with Crippen LogP contribution in [0.15, 0.2) is 34.6 Å². The third-order valence-corrected chi connectivity index (χ3v) is 2.73. The van der Waals surface area contributed by atoms with E-state index in [1.165, 1.54) is 11.1 Å². The number of rotatable bonds is 2. The quantitative estimate of drug-likeness (QED) is 0.893. The number of nitrogens with two attached hydrogens (primary N) is 1. The molecule has 0 spiro atoms. The van der Waals surface area contributed by atoms with E-state index in [0.29, 0.717) is 6.54 Å². The van der Waals surface area contributed by atoms with Crippen LogP contribution in [-0.2, 0) is 0 Å². The normalized spacial score (nSPS) is 15.9. The highest BCUT2D eigenvalue weighted by Gasteiger charge is 2.08. The molecule has 1 aromatic heterocycles. The van der Waals surface area contributed by atoms with Crippen molar-refractivity contribution >= 4 is 21.5 Å². The average Bonchev–Trinajstić information content (AvgIpc) is 2.30. The molecule has 4 heteroatoms. The molecule has 2 N–H and O–H groups in total. The minimum absolute atomic E-state index is 0.583. The Labute approximate surface area is 97.2 Å². The molecule has 0 atom stereocenters. The topological polar surface area (TPSA) is 51.8 Å². The summed E-state index contributed by atoms with van der Waals surface area (Å²) in [5.41, 5.74) is 7.95. The average molecular weight is 266 g/mol. The molecule has 0 unspecified atom stereocenters. The van der Waals surface area contributed by atoms with Crippen molar-refractivity contribution in [1.82, 2.24) is 9.97 Å². The van der Waals surface area contributed by atoms with Crippen molar-refractivity contribution in [3.05, 3.63) is 40.4 Å². The summed E-state index contributed by atoms with van der Waals surface area (Å²) in [7, 11) is 0. The first-order valence-corrected chi connectivity index (χ1v) is 5.66. The van der Waals surface area contributed by atoms with Gasteiger partial charge in [-0.1, -0.05) is 12.2 Å². The molecule has 1 heterocycles. The van der Waals surface area contributed by atoms with Gasteiger partial charge in [-0.15, -0.1) is 0 Å². The smallest absolute Gasteiger partial charge is 0.155 e. The summed E-state index contributed by atoms with van der Waals surface area (Å²) >= 11 is 3.32. The Hall–Kier alpha value is -1.00. The molecular weight excluding hydrogens is 254 g/mol. The van der Waals surface area contributed by atoms with E-state index < -0.39 is 0 Å². The third kappa shape index (κ3) is 2.52. The van der Waals surface area contributed by atoms with E-state index in [4.69, 9.17) is 5.73 Å². The lowest BCUT2D eigenvalue weighted by atomic mass is 9.99. The van der Waals surface area contributed by atoms with E-state index in [1.54, 1.807) is 12.4 Å². The Kier molecular flexibility index (Phi) is 3.28. The number of allylic oxidation sites excluding steroid dienone is 2. The summed E-state index contributed by atoms with van der Waals surface area (Å²) in [5.74, 6) is 0.803. The molecule has 0 amide bonds. The molecule has 0 saturated heterocycles. The summed E-state index contributed by atoms with van der Waals surface area (Å²) < 4.78 is 0.900. The van der Waals surface area contributed by atoms with Crippen LogP contribution in [0, 0.1) is 0 Å². The Morgan fingerprint density at radius 1 is 1.33 bits per heavy atom. The Bertz CT molecular complexity index is 406. The monoisotopic (exact) mass is 265 g/mol. The zero-order chi connectivity index (χ0) is 10.7. The summed E-state index contributed by atoms with van der Waals surface area (Å²) in [5, 5.41) is 0. The molecule has 78 valence electrons. The molecule has 0 aliphatic heterocycles. The molecule has 0 aromatic carbocycles. The van der Waals surface area contributed by atoms with Gasteiger partial charge in [-0.3, -0.25) is 0 Å². The van der Waals surface area contributed by atoms with E-state index in [1.807, 2.05) is 0 Å². The van der Waals surface area contributed by atoms with Gasteiger partial charge in [0.1, 0.15) is 0 Å². The van der Waals surface area contributed by atoms with Gasteiger partial charge in [-0.2, -0.15) is 0 Å². The molecule has 1 aliphatic rings. The molecular formula is C11H12BrN3. The second-order valence-electron chi connectivity index (χ2n) is 3.42. The van der Waals surface area contributed by atoms with Gasteiger partial charge in [0.2, 0.25) is 0 Å². The minimum atomic E-state index is 0.583. The fourth-order valence-electron chi connectivity index (χ4n) is 1.56. The van der Waals surface area contributed by atoms with Crippen molar-refractivity contribution in [2.45, 2.75) is 12.8 Å². The Balaban J connectivity index is 2.28. The van der Waals surface area contributed by atoms with Crippen LogP contribution in [0.2, 0.25) is 0 Å². The summed E-state index contributed by atoms with van der Waals surface area (Å²) in [6, 6.07) is 0. The first-order valence-electron chi connectivity index (χ1n) is 4.87. The lowest BCUT2D eigenvalue weighted by molar-refractivity contribution is 0.975. The van der Waals surface area contributed by atoms with Gasteiger partial charge in [0.25, 0.3) is 0 Å². The first kappa shape index (κ1) is 10.5. The summed E-state index contributed by atoms with van der Waals surface area (Å²) in [4.78, 5) is 8.55. The van der Waals surface area contributed by atoms with Crippen molar-refractivity contribution in [3.63, 3.8) is 0 Å². The van der Waals surface area contributed by atoms with Gasteiger partial charge < -0.3 is 5.73 Å². The number of aromatic nitrogens is 2. The largest absolute Gasteiger partial charge is 0.327 e. The number of hydrogen-bond donors (Lipinski definition) is 1. The molecule has 1 aliphatic carbocycles. The van der Waals surface area contributed by atoms with E-state index in [-0.39, 0.29) is 0 Å². The molecule has 1 aromatic rings. The predicted molar refractivity (Wildman–Crippen MR) is 64.1 cm³/mol. The maximum absolute atomic E-state index is 5.61. The zero-order valence-corrected chi connectivity index (χ0v) is 9.87. The maximum atomic E-state index is 5.61. The van der Waals surface area contributed by atoms with Crippen molar-refractivity contribution in [2.24, 2.45) is 5.73 Å². The Morgan fingerprint density at radius 3 is 2.73 bits per heavy atom. The third-order valence-electron chi connectivity index (χ3n) is 2.32. The van der Waals surface area contributed by atoms with Crippen LogP contribution >= 0.6 is 15.9 Å². The molecule has 0 fully saturated rings. The van der Waals surface area contributed by atoms with Gasteiger partial charge in [0.05, 0.1) is 4.47 Å². The standard InChI is InChI=1S/C11H12BrN3/c12-10-6-14-11(15-7-10)9-3-1-2-8(4-9)5-13/h2,4,6-7H,1,3,5,13H2. The second-order valence-corrected chi connectivity index (χ2v) is 4.33. The second kappa shape index (κ2) is 4.68. The summed E-state index contributed by atoms with van der Waals surface area (Å²) in [6.07, 6.45) is 9.81. The SMILES string of the molecule is NCC1=CCCC(c2ncc(Br)cn2)=C1. The maximum Gasteiger partial charge on any atom is 0.155 e. The highest BCUT2D eigenvalue weighted by molar-refractivity contribution is 9.10. The summed E-state index contributed by atoms with van der Waals surface area (Å²) in [6.45, 7) is 0.583. The highest BCUT2D eigenvalue weighted by atomic mass is 79.9. The molecule has 0 bridgehead atoms. The van der Waals surface area contributed by atoms with Crippen molar-refractivity contribution in [2.75, 3.05) is 6.54 Å². The molecule has 15 heavy (non-hydrogen) atoms. The highest BCUT2D eigenvalue weighted by Crippen LogP contribution is 2.23. The van der Waals surface area contributed by atoms with Crippen LogP contribution in [0.1, 0.15) is 18.7 Å². The van der Waals surface area contributed by atoms with Gasteiger partial charge in [-0.05, 0) is 39.9 Å². The van der Waals surface area contributed by atoms with Crippen molar-refractivity contribution in [1.29, 1.82) is 0 Å². The van der Waals surface area contributed by atoms with E-state index >= 15 is 0 Å². The number of hydrogen-bond acceptors (Lipinski definition) is 3. The van der Waals surface area contributed by atoms with Gasteiger partial charge >= 0.3 is 0 Å². The van der Waals surface area contributed by atoms with Gasteiger partial charge in [-0.25, -0.2) is 9.97 Å². The van der Waals surface area contributed by atoms with Crippen LogP contribution in [0.3, 0.4) is 0 Å². The molecule has 2 rings (SSSR count). The van der Waals surface area contributed by atoms with E-state index in [2.05, 4.69) is 38.0 Å². The molecule has 3 nitrogen and oxygen atoms in total. The fourth-order valence-corrected chi connectivity index (χ4v) is 1.77. The molecule has 0 saturated carbocycles. The van der Waals surface area contributed by atoms with Crippen LogP contribution in [0.4, 0.5) is 0 Å². The van der Waals surface area contributed by atoms with E-state index in [0.717, 1.165) is 23.1 Å². The number of halogens is 1. The molecule has 0 radical (unpaired) electrons. The van der Waals surface area contributed by atoms with Crippen LogP contribution in [-0.4, -0.2) is 16.5 Å². The first-order chi connectivity index (χ1) is 7.29. The predicted octanol–water partition coefficient (Wildman–Crippen LogP) is 2.30. The van der Waals surface area contributed by atoms with Crippen LogP contribution in [0.25, 0.3) is 5.57 Å². The van der Waals surface area contributed by atoms with Crippen molar-refractivity contribution in [3.8, 4) is 0 Å². The van der Waals surface area contributed by atoms with E-state index in [9.17, 15) is 0 Å². The van der Waals surface area contributed by atoms with Gasteiger partial charge in [0, 0.05) is 18.9 Å². The lowest BCUT2D eigenvalue weighted by Gasteiger charge is -2.11. The van der Waals surface area contributed by atoms with Crippen LogP contribution in [0.5, 0.6) is 0 Å². The zero-order valence-electron chi connectivity index (χ0n) is 8.28. The Morgan fingerprint density at radius 2 is 2.07 bits per heavy atom. The fraction of sp³-hybridized carbons (Fsp3) is 0.273. The van der Waals surface area contributed by atoms with Gasteiger partial charge in [0.15, 0.2) is 5.82 Å². The van der Waals surface area contributed by atoms with Crippen LogP contribution < -0.4 is 5.73 Å². The van der Waals surface area contributed by atoms with Crippen molar-refractivity contribution < 1.29 is 0 Å².